The Balaban J connectivity index is 1.63. The van der Waals surface area contributed by atoms with E-state index in [1.165, 1.54) is 0 Å². The number of nitrogens with one attached hydrogen (secondary N) is 2. The Hall–Kier alpha value is -4.25. The van der Waals surface area contributed by atoms with Crippen molar-refractivity contribution in [3.8, 4) is 23.1 Å². The Morgan fingerprint density at radius 3 is 2.78 bits per heavy atom. The second-order valence-corrected chi connectivity index (χ2v) is 8.71. The van der Waals surface area contributed by atoms with Crippen LogP contribution in [0.4, 0.5) is 5.82 Å². The van der Waals surface area contributed by atoms with E-state index in [4.69, 9.17) is 16.6 Å². The Kier molecular flexibility index (Phi) is 6.38. The third kappa shape index (κ3) is 4.52. The molecule has 0 aliphatic heterocycles. The molecule has 0 aliphatic carbocycles. The largest absolute Gasteiger partial charge is 0.309 e. The fourth-order valence-corrected chi connectivity index (χ4v) is 4.20. The van der Waals surface area contributed by atoms with Crippen LogP contribution in [-0.4, -0.2) is 38.3 Å². The zero-order valence-electron chi connectivity index (χ0n) is 20.0. The molecular weight excluding hydrogens is 472 g/mol. The van der Waals surface area contributed by atoms with Crippen LogP contribution in [0.1, 0.15) is 23.9 Å². The molecule has 36 heavy (non-hydrogen) atoms. The number of hydrogen-bond acceptors (Lipinski definition) is 5. The van der Waals surface area contributed by atoms with E-state index in [1.54, 1.807) is 26.2 Å². The van der Waals surface area contributed by atoms with Crippen molar-refractivity contribution in [3.05, 3.63) is 89.1 Å². The molecule has 1 unspecified atom stereocenters. The Labute approximate surface area is 213 Å². The van der Waals surface area contributed by atoms with Crippen LogP contribution in [0, 0.1) is 18.8 Å². The highest BCUT2D eigenvalue weighted by molar-refractivity contribution is 6.34. The average molecular weight is 495 g/mol. The summed E-state index contributed by atoms with van der Waals surface area (Å²) in [5, 5.41) is 8.07. The van der Waals surface area contributed by atoms with Gasteiger partial charge in [-0.25, -0.2) is 15.0 Å². The van der Waals surface area contributed by atoms with Crippen molar-refractivity contribution >= 4 is 39.7 Å². The quantitative estimate of drug-likeness (QED) is 0.275. The van der Waals surface area contributed by atoms with Crippen molar-refractivity contribution in [2.45, 2.75) is 19.9 Å². The fraction of sp³-hybridized carbons (Fsp3) is 0.143. The lowest BCUT2D eigenvalue weighted by Gasteiger charge is -2.12. The van der Waals surface area contributed by atoms with Crippen LogP contribution in [0.25, 0.3) is 27.7 Å². The summed E-state index contributed by atoms with van der Waals surface area (Å²) >= 11 is 6.21. The summed E-state index contributed by atoms with van der Waals surface area (Å²) in [5.41, 5.74) is 4.77. The van der Waals surface area contributed by atoms with Crippen molar-refractivity contribution < 1.29 is 4.79 Å². The molecule has 1 amide bonds. The van der Waals surface area contributed by atoms with Gasteiger partial charge in [0.25, 0.3) is 0 Å². The predicted molar refractivity (Wildman–Crippen MR) is 143 cm³/mol. The highest BCUT2D eigenvalue weighted by Crippen LogP contribution is 2.28. The molecule has 5 rings (SSSR count). The number of hydrogen-bond donors (Lipinski definition) is 2. The molecule has 0 saturated carbocycles. The second-order valence-electron chi connectivity index (χ2n) is 8.35. The minimum Gasteiger partial charge on any atom is -0.309 e. The summed E-state index contributed by atoms with van der Waals surface area (Å²) < 4.78 is 2.02. The maximum Gasteiger partial charge on any atom is 0.242 e. The third-order valence-corrected chi connectivity index (χ3v) is 6.27. The molecule has 7 nitrogen and oxygen atoms in total. The first-order chi connectivity index (χ1) is 17.4. The van der Waals surface area contributed by atoms with Gasteiger partial charge >= 0.3 is 0 Å². The number of halogens is 1. The van der Waals surface area contributed by atoms with Gasteiger partial charge < -0.3 is 10.6 Å². The molecule has 0 spiro atoms. The molecule has 4 aromatic heterocycles. The minimum atomic E-state index is -0.360. The number of anilines is 1. The molecular formula is C28H23ClN6O. The van der Waals surface area contributed by atoms with Gasteiger partial charge in [0.15, 0.2) is 0 Å². The van der Waals surface area contributed by atoms with Gasteiger partial charge in [0.05, 0.1) is 17.4 Å². The molecule has 2 N–H and O–H groups in total. The highest BCUT2D eigenvalue weighted by atomic mass is 35.5. The van der Waals surface area contributed by atoms with Gasteiger partial charge in [0, 0.05) is 28.9 Å². The van der Waals surface area contributed by atoms with E-state index < -0.39 is 0 Å². The maximum absolute atomic E-state index is 12.4. The molecule has 0 aliphatic rings. The summed E-state index contributed by atoms with van der Waals surface area (Å²) in [4.78, 5) is 26.0. The molecule has 0 saturated heterocycles. The van der Waals surface area contributed by atoms with Crippen molar-refractivity contribution in [3.63, 3.8) is 0 Å². The Bertz CT molecular complexity index is 1680. The summed E-state index contributed by atoms with van der Waals surface area (Å²) in [6.45, 7) is 3.75. The van der Waals surface area contributed by atoms with E-state index in [9.17, 15) is 4.79 Å². The molecule has 0 radical (unpaired) electrons. The van der Waals surface area contributed by atoms with Crippen molar-refractivity contribution in [2.75, 3.05) is 12.4 Å². The fourth-order valence-electron chi connectivity index (χ4n) is 3.97. The molecule has 0 bridgehead atoms. The molecule has 8 heteroatoms. The van der Waals surface area contributed by atoms with Crippen LogP contribution in [0.15, 0.2) is 67.0 Å². The van der Waals surface area contributed by atoms with E-state index in [0.29, 0.717) is 16.7 Å². The number of aromatic nitrogens is 4. The summed E-state index contributed by atoms with van der Waals surface area (Å²) in [6.07, 6.45) is 3.64. The standard InChI is InChI=1S/C28H23ClN6O/c1-17-26(35-15-5-4-6-25(35)32-17)22-10-12-24(34-28(36)18(2)30-3)33-23(22)11-8-19-7-9-21-20(16-19)13-14-31-27(21)29/h4-7,9-10,12-16,18,30H,1-3H3,(H,33,34,36). The van der Waals surface area contributed by atoms with Crippen LogP contribution in [0.2, 0.25) is 5.15 Å². The number of amides is 1. The van der Waals surface area contributed by atoms with Crippen LogP contribution in [0.5, 0.6) is 0 Å². The normalized spacial score (nSPS) is 11.8. The van der Waals surface area contributed by atoms with Crippen molar-refractivity contribution in [1.29, 1.82) is 0 Å². The van der Waals surface area contributed by atoms with E-state index >= 15 is 0 Å². The van der Waals surface area contributed by atoms with Gasteiger partial charge in [-0.1, -0.05) is 29.7 Å². The molecule has 0 fully saturated rings. The first-order valence-corrected chi connectivity index (χ1v) is 11.8. The number of aryl methyl sites for hydroxylation is 1. The number of pyridine rings is 3. The lowest BCUT2D eigenvalue weighted by atomic mass is 10.1. The number of carbonyl (C=O) groups is 1. The average Bonchev–Trinajstić information content (AvgIpc) is 3.22. The summed E-state index contributed by atoms with van der Waals surface area (Å²) in [5.74, 6) is 6.70. The van der Waals surface area contributed by atoms with Gasteiger partial charge in [-0.05, 0) is 74.7 Å². The molecule has 1 atom stereocenters. The van der Waals surface area contributed by atoms with Crippen LogP contribution >= 0.6 is 11.6 Å². The van der Waals surface area contributed by atoms with Gasteiger partial charge in [-0.2, -0.15) is 0 Å². The number of rotatable bonds is 4. The third-order valence-electron chi connectivity index (χ3n) is 5.97. The monoisotopic (exact) mass is 494 g/mol. The van der Waals surface area contributed by atoms with E-state index in [2.05, 4.69) is 32.4 Å². The van der Waals surface area contributed by atoms with Crippen molar-refractivity contribution in [1.82, 2.24) is 24.7 Å². The van der Waals surface area contributed by atoms with E-state index in [0.717, 1.165) is 38.9 Å². The highest BCUT2D eigenvalue weighted by Gasteiger charge is 2.17. The summed E-state index contributed by atoms with van der Waals surface area (Å²) in [7, 11) is 1.73. The second kappa shape index (κ2) is 9.78. The molecule has 1 aromatic carbocycles. The zero-order valence-corrected chi connectivity index (χ0v) is 20.8. The van der Waals surface area contributed by atoms with Gasteiger partial charge in [-0.15, -0.1) is 0 Å². The molecule has 5 aromatic rings. The summed E-state index contributed by atoms with van der Waals surface area (Å²) in [6, 6.07) is 16.9. The first-order valence-electron chi connectivity index (χ1n) is 11.4. The Morgan fingerprint density at radius 1 is 1.08 bits per heavy atom. The van der Waals surface area contributed by atoms with Crippen LogP contribution < -0.4 is 10.6 Å². The molecule has 178 valence electrons. The lowest BCUT2D eigenvalue weighted by Crippen LogP contribution is -2.35. The van der Waals surface area contributed by atoms with Crippen LogP contribution in [0.3, 0.4) is 0 Å². The number of imidazole rings is 1. The smallest absolute Gasteiger partial charge is 0.242 e. The predicted octanol–water partition coefficient (Wildman–Crippen LogP) is 4.85. The zero-order chi connectivity index (χ0) is 25.2. The number of carbonyl (C=O) groups excluding carboxylic acids is 1. The molecule has 4 heterocycles. The topological polar surface area (TPSA) is 84.2 Å². The minimum absolute atomic E-state index is 0.178. The van der Waals surface area contributed by atoms with Gasteiger partial charge in [0.1, 0.15) is 22.3 Å². The first kappa shape index (κ1) is 23.5. The maximum atomic E-state index is 12.4. The number of nitrogens with zero attached hydrogens (tertiary/aromatic N) is 4. The van der Waals surface area contributed by atoms with Crippen molar-refractivity contribution in [2.24, 2.45) is 0 Å². The SMILES string of the molecule is CNC(C)C(=O)Nc1ccc(-c2c(C)nc3ccccn23)c(C#Cc2ccc3c(Cl)nccc3c2)n1. The van der Waals surface area contributed by atoms with Crippen LogP contribution in [-0.2, 0) is 4.79 Å². The number of likely N-dealkylation sites (N-methyl/N-ethyl adjacent to an activating group) is 1. The van der Waals surface area contributed by atoms with Gasteiger partial charge in [-0.3, -0.25) is 9.20 Å². The van der Waals surface area contributed by atoms with E-state index in [1.807, 2.05) is 66.1 Å². The number of benzene rings is 1. The van der Waals surface area contributed by atoms with E-state index in [-0.39, 0.29) is 11.9 Å². The Morgan fingerprint density at radius 2 is 1.94 bits per heavy atom. The van der Waals surface area contributed by atoms with Gasteiger partial charge in [0.2, 0.25) is 5.91 Å². The number of fused-ring (bicyclic) bond motifs is 2. The lowest BCUT2D eigenvalue weighted by molar-refractivity contribution is -0.117.